The highest BCUT2D eigenvalue weighted by Crippen LogP contribution is 2.61. The van der Waals surface area contributed by atoms with Crippen LogP contribution in [0.3, 0.4) is 0 Å². The lowest BCUT2D eigenvalue weighted by Gasteiger charge is -2.53. The summed E-state index contributed by atoms with van der Waals surface area (Å²) >= 11 is 0. The maximum absolute atomic E-state index is 6.68. The molecule has 1 aromatic rings. The summed E-state index contributed by atoms with van der Waals surface area (Å²) in [6.45, 7) is 23.7. The predicted molar refractivity (Wildman–Crippen MR) is 167 cm³/mol. The predicted octanol–water partition coefficient (Wildman–Crippen LogP) is 11.2. The molecule has 1 saturated heterocycles. The van der Waals surface area contributed by atoms with Gasteiger partial charge < -0.3 is 4.74 Å². The third kappa shape index (κ3) is 6.24. The van der Waals surface area contributed by atoms with Gasteiger partial charge in [0, 0.05) is 5.92 Å². The van der Waals surface area contributed by atoms with Gasteiger partial charge in [0.25, 0.3) is 0 Å². The number of ether oxygens (including phenoxy) is 1. The molecular formula is C37H58O. The van der Waals surface area contributed by atoms with Crippen molar-refractivity contribution in [3.05, 3.63) is 66.3 Å². The van der Waals surface area contributed by atoms with Crippen molar-refractivity contribution in [1.82, 2.24) is 0 Å². The molecule has 0 N–H and O–H groups in total. The van der Waals surface area contributed by atoms with Gasteiger partial charge in [0.1, 0.15) is 0 Å². The van der Waals surface area contributed by atoms with Crippen molar-refractivity contribution in [3.63, 3.8) is 0 Å². The van der Waals surface area contributed by atoms with Gasteiger partial charge in [-0.15, -0.1) is 13.2 Å². The van der Waals surface area contributed by atoms with Gasteiger partial charge in [0.05, 0.1) is 12.2 Å². The number of benzene rings is 1. The molecule has 3 saturated carbocycles. The van der Waals surface area contributed by atoms with E-state index in [9.17, 15) is 0 Å². The van der Waals surface area contributed by atoms with Crippen LogP contribution in [-0.4, -0.2) is 12.2 Å². The minimum atomic E-state index is 0.183. The number of fused-ring (bicyclic) bond motifs is 4. The molecule has 0 amide bonds. The first-order chi connectivity index (χ1) is 18.5. The molecule has 5 aliphatic rings. The fourth-order valence-corrected chi connectivity index (χ4v) is 8.51. The minimum Gasteiger partial charge on any atom is -0.374 e. The third-order valence-corrected chi connectivity index (χ3v) is 10.3. The summed E-state index contributed by atoms with van der Waals surface area (Å²) in [4.78, 5) is 0. The van der Waals surface area contributed by atoms with E-state index in [1.165, 1.54) is 76.2 Å². The summed E-state index contributed by atoms with van der Waals surface area (Å²) in [5, 5.41) is 0. The zero-order chi connectivity index (χ0) is 27.9. The molecule has 1 aliphatic heterocycles. The number of hydrogen-bond acceptors (Lipinski definition) is 1. The Morgan fingerprint density at radius 3 is 2.24 bits per heavy atom. The molecular weight excluding hydrogens is 460 g/mol. The quantitative estimate of drug-likeness (QED) is 0.354. The van der Waals surface area contributed by atoms with E-state index >= 15 is 0 Å². The lowest BCUT2D eigenvalue weighted by molar-refractivity contribution is -0.144. The Morgan fingerprint density at radius 2 is 1.61 bits per heavy atom. The summed E-state index contributed by atoms with van der Waals surface area (Å²) in [7, 11) is 0. The molecule has 4 fully saturated rings. The molecule has 6 unspecified atom stereocenters. The van der Waals surface area contributed by atoms with Crippen molar-refractivity contribution in [2.24, 2.45) is 29.1 Å². The van der Waals surface area contributed by atoms with E-state index in [0.717, 1.165) is 30.3 Å². The Labute approximate surface area is 236 Å². The van der Waals surface area contributed by atoms with Gasteiger partial charge in [0.2, 0.25) is 0 Å². The van der Waals surface area contributed by atoms with Crippen molar-refractivity contribution < 1.29 is 4.74 Å². The Hall–Kier alpha value is -1.60. The Bertz CT molecular complexity index is 909. The smallest absolute Gasteiger partial charge is 0.0691 e. The summed E-state index contributed by atoms with van der Waals surface area (Å²) in [6, 6.07) is 9.41. The molecule has 4 aliphatic carbocycles. The van der Waals surface area contributed by atoms with E-state index < -0.39 is 0 Å². The van der Waals surface area contributed by atoms with Crippen molar-refractivity contribution in [3.8, 4) is 0 Å². The molecule has 6 rings (SSSR count). The van der Waals surface area contributed by atoms with Gasteiger partial charge >= 0.3 is 0 Å². The fourth-order valence-electron chi connectivity index (χ4n) is 8.51. The highest BCUT2D eigenvalue weighted by Gasteiger charge is 2.50. The molecule has 1 nitrogen and oxygen atoms in total. The topological polar surface area (TPSA) is 9.23 Å². The second kappa shape index (κ2) is 13.6. The van der Waals surface area contributed by atoms with Gasteiger partial charge in [-0.3, -0.25) is 0 Å². The van der Waals surface area contributed by atoms with Crippen LogP contribution in [0, 0.1) is 29.1 Å². The lowest BCUT2D eigenvalue weighted by Crippen LogP contribution is -2.47. The third-order valence-electron chi connectivity index (χ3n) is 10.3. The van der Waals surface area contributed by atoms with Crippen LogP contribution in [-0.2, 0) is 4.74 Å². The summed E-state index contributed by atoms with van der Waals surface area (Å²) in [5.41, 5.74) is 7.18. The second-order valence-electron chi connectivity index (χ2n) is 12.7. The zero-order valence-corrected chi connectivity index (χ0v) is 25.8. The fraction of sp³-hybridized carbons (Fsp3) is 0.676. The van der Waals surface area contributed by atoms with Crippen molar-refractivity contribution in [2.75, 3.05) is 6.61 Å². The van der Waals surface area contributed by atoms with Crippen LogP contribution in [0.2, 0.25) is 0 Å². The minimum absolute atomic E-state index is 0.183. The van der Waals surface area contributed by atoms with Crippen LogP contribution < -0.4 is 0 Å². The standard InChI is InChI=1S/C31H42O.2C2H6.C2H4/c1-4-21-8-10-22(11-9-21)28-18-23-6-5-7-25(23)27-13-12-24-19-31(15-14-26(24)29(27)28)17-16-30(2,3)20-32-31;3*1-2/h4,8-11,23-25,27-28H,1,5-7,12-20H2,2-3H3;2*1-2H3;1-2H2. The van der Waals surface area contributed by atoms with Crippen LogP contribution in [0.5, 0.6) is 0 Å². The lowest BCUT2D eigenvalue weighted by atomic mass is 9.55. The van der Waals surface area contributed by atoms with Crippen LogP contribution in [0.25, 0.3) is 6.08 Å². The van der Waals surface area contributed by atoms with Crippen LogP contribution >= 0.6 is 0 Å². The molecule has 0 aromatic heterocycles. The SMILES string of the molecule is C=C.C=Cc1ccc(C2CC3CCCC3C3CCC4CC5(CCC4=C23)CCC(C)(C)CO5)cc1.CC.CC. The monoisotopic (exact) mass is 518 g/mol. The molecule has 212 valence electrons. The van der Waals surface area contributed by atoms with Gasteiger partial charge in [-0.1, -0.05) is 102 Å². The van der Waals surface area contributed by atoms with Crippen LogP contribution in [0.4, 0.5) is 0 Å². The zero-order valence-electron chi connectivity index (χ0n) is 25.8. The van der Waals surface area contributed by atoms with E-state index in [-0.39, 0.29) is 5.60 Å². The van der Waals surface area contributed by atoms with Crippen molar-refractivity contribution >= 4 is 6.08 Å². The molecule has 0 radical (unpaired) electrons. The first-order valence-corrected chi connectivity index (χ1v) is 16.1. The van der Waals surface area contributed by atoms with E-state index in [4.69, 9.17) is 4.74 Å². The summed E-state index contributed by atoms with van der Waals surface area (Å²) in [6.07, 6.45) is 17.1. The Kier molecular flexibility index (Phi) is 11.1. The van der Waals surface area contributed by atoms with Gasteiger partial charge in [-0.05, 0) is 98.0 Å². The number of rotatable bonds is 2. The highest BCUT2D eigenvalue weighted by molar-refractivity contribution is 5.49. The van der Waals surface area contributed by atoms with E-state index in [1.807, 2.05) is 44.9 Å². The Balaban J connectivity index is 0.000000625. The normalized spacial score (nSPS) is 34.5. The van der Waals surface area contributed by atoms with Gasteiger partial charge in [0.15, 0.2) is 0 Å². The first-order valence-electron chi connectivity index (χ1n) is 16.1. The maximum Gasteiger partial charge on any atom is 0.0691 e. The van der Waals surface area contributed by atoms with Gasteiger partial charge in [-0.2, -0.15) is 0 Å². The molecule has 1 heterocycles. The average Bonchev–Trinajstić information content (AvgIpc) is 3.46. The van der Waals surface area contributed by atoms with Crippen LogP contribution in [0.15, 0.2) is 55.1 Å². The highest BCUT2D eigenvalue weighted by atomic mass is 16.5. The Morgan fingerprint density at radius 1 is 0.895 bits per heavy atom. The summed E-state index contributed by atoms with van der Waals surface area (Å²) < 4.78 is 6.68. The summed E-state index contributed by atoms with van der Waals surface area (Å²) in [5.74, 6) is 4.25. The van der Waals surface area contributed by atoms with Crippen molar-refractivity contribution in [2.45, 2.75) is 124 Å². The van der Waals surface area contributed by atoms with E-state index in [2.05, 4.69) is 57.8 Å². The van der Waals surface area contributed by atoms with E-state index in [1.54, 1.807) is 5.56 Å². The average molecular weight is 519 g/mol. The van der Waals surface area contributed by atoms with Crippen molar-refractivity contribution in [1.29, 1.82) is 0 Å². The molecule has 1 spiro atoms. The van der Waals surface area contributed by atoms with E-state index in [0.29, 0.717) is 11.3 Å². The molecule has 1 aromatic carbocycles. The number of hydrogen-bond donors (Lipinski definition) is 0. The maximum atomic E-state index is 6.68. The molecule has 38 heavy (non-hydrogen) atoms. The van der Waals surface area contributed by atoms with Gasteiger partial charge in [-0.25, -0.2) is 0 Å². The molecule has 0 bridgehead atoms. The number of allylic oxidation sites excluding steroid dienone is 2. The second-order valence-corrected chi connectivity index (χ2v) is 12.7. The van der Waals surface area contributed by atoms with Crippen LogP contribution in [0.1, 0.15) is 129 Å². The molecule has 6 atom stereocenters. The largest absolute Gasteiger partial charge is 0.374 e. The molecule has 1 heteroatoms. The first kappa shape index (κ1) is 30.9.